The van der Waals surface area contributed by atoms with Crippen molar-refractivity contribution in [3.63, 3.8) is 0 Å². The number of rotatable bonds is 8. The van der Waals surface area contributed by atoms with Crippen LogP contribution in [0.5, 0.6) is 0 Å². The normalized spacial score (nSPS) is 13.7. The van der Waals surface area contributed by atoms with E-state index in [0.717, 1.165) is 22.8 Å². The number of nitrogens with one attached hydrogen (secondary N) is 3. The first-order valence-corrected chi connectivity index (χ1v) is 13.5. The van der Waals surface area contributed by atoms with Crippen molar-refractivity contribution in [3.05, 3.63) is 57.7 Å². The van der Waals surface area contributed by atoms with E-state index in [4.69, 9.17) is 4.74 Å². The van der Waals surface area contributed by atoms with Crippen molar-refractivity contribution in [1.82, 2.24) is 10.0 Å². The zero-order valence-corrected chi connectivity index (χ0v) is 21.7. The molecule has 0 aliphatic carbocycles. The lowest BCUT2D eigenvalue weighted by Crippen LogP contribution is -2.32. The molecule has 0 aromatic heterocycles. The largest absolute Gasteiger partial charge is 0.454 e. The molecule has 0 fully saturated rings. The smallest absolute Gasteiger partial charge is 0.325 e. The average molecular weight is 612 g/mol. The Morgan fingerprint density at radius 3 is 2.63 bits per heavy atom. The Morgan fingerprint density at radius 1 is 1.03 bits per heavy atom. The molecule has 10 nitrogen and oxygen atoms in total. The molecule has 0 saturated carbocycles. The monoisotopic (exact) mass is 612 g/mol. The molecule has 0 unspecified atom stereocenters. The topological polar surface area (TPSA) is 143 Å². The summed E-state index contributed by atoms with van der Waals surface area (Å²) in [6, 6.07) is 12.6. The number of carbonyl (C=O) groups excluding carboxylic acids is 3. The van der Waals surface area contributed by atoms with Crippen LogP contribution < -0.4 is 15.4 Å². The minimum atomic E-state index is -3.86. The van der Waals surface area contributed by atoms with Crippen LogP contribution in [0.3, 0.4) is 0 Å². The maximum absolute atomic E-state index is 12.7. The molecular weight excluding hydrogens is 587 g/mol. The number of hydrogen-bond acceptors (Lipinski definition) is 7. The summed E-state index contributed by atoms with van der Waals surface area (Å²) in [6.07, 6.45) is 3.35. The van der Waals surface area contributed by atoms with Gasteiger partial charge in [0.2, 0.25) is 0 Å². The predicted octanol–water partition coefficient (Wildman–Crippen LogP) is 2.45. The van der Waals surface area contributed by atoms with E-state index in [9.17, 15) is 22.8 Å². The fourth-order valence-electron chi connectivity index (χ4n) is 3.20. The third kappa shape index (κ3) is 8.31. The Bertz CT molecular complexity index is 1230. The second-order valence-electron chi connectivity index (χ2n) is 7.64. The summed E-state index contributed by atoms with van der Waals surface area (Å²) >= 11 is 2.01. The lowest BCUT2D eigenvalue weighted by Gasteiger charge is -2.11. The van der Waals surface area contributed by atoms with Crippen molar-refractivity contribution in [3.8, 4) is 0 Å². The SMILES string of the molecule is O=C(COC(=O)CNC(=O)c1ccccc1I)Nc1cccc(S(=O)(=O)NC2=NCCCCC2)c1. The van der Waals surface area contributed by atoms with E-state index in [2.05, 4.69) is 20.3 Å². The summed E-state index contributed by atoms with van der Waals surface area (Å²) in [5, 5.41) is 4.94. The summed E-state index contributed by atoms with van der Waals surface area (Å²) < 4.78 is 33.6. The fraction of sp³-hybridized carbons (Fsp3) is 0.304. The van der Waals surface area contributed by atoms with Gasteiger partial charge in [-0.2, -0.15) is 0 Å². The molecule has 35 heavy (non-hydrogen) atoms. The van der Waals surface area contributed by atoms with Crippen LogP contribution in [0.1, 0.15) is 36.0 Å². The molecule has 1 aliphatic rings. The van der Waals surface area contributed by atoms with Crippen molar-refractivity contribution in [1.29, 1.82) is 0 Å². The first kappa shape index (κ1) is 26.6. The van der Waals surface area contributed by atoms with Gasteiger partial charge >= 0.3 is 5.97 Å². The molecule has 0 radical (unpaired) electrons. The molecule has 0 atom stereocenters. The van der Waals surface area contributed by atoms with Gasteiger partial charge in [-0.15, -0.1) is 0 Å². The zero-order valence-electron chi connectivity index (χ0n) is 18.8. The first-order valence-electron chi connectivity index (χ1n) is 10.9. The van der Waals surface area contributed by atoms with E-state index in [-0.39, 0.29) is 10.6 Å². The van der Waals surface area contributed by atoms with Crippen molar-refractivity contribution in [2.45, 2.75) is 30.6 Å². The second-order valence-corrected chi connectivity index (χ2v) is 10.5. The Balaban J connectivity index is 1.49. The number of aliphatic imine (C=N–C) groups is 1. The molecule has 3 rings (SSSR count). The van der Waals surface area contributed by atoms with Gasteiger partial charge in [0.15, 0.2) is 6.61 Å². The maximum Gasteiger partial charge on any atom is 0.325 e. The van der Waals surface area contributed by atoms with Gasteiger partial charge in [-0.25, -0.2) is 8.42 Å². The highest BCUT2D eigenvalue weighted by Gasteiger charge is 2.18. The minimum absolute atomic E-state index is 0.0301. The van der Waals surface area contributed by atoms with Crippen LogP contribution in [0.15, 0.2) is 58.4 Å². The molecule has 2 amide bonds. The van der Waals surface area contributed by atoms with Gasteiger partial charge in [0.05, 0.1) is 10.5 Å². The standard InChI is InChI=1S/C23H25IN4O6S/c24-19-10-4-3-9-18(19)23(31)26-14-22(30)34-15-21(29)27-16-7-6-8-17(13-16)35(32,33)28-20-11-2-1-5-12-25-20/h3-4,6-10,13H,1-2,5,11-12,14-15H2,(H,25,28)(H,26,31)(H,27,29). The van der Waals surface area contributed by atoms with Gasteiger partial charge in [0, 0.05) is 22.2 Å². The van der Waals surface area contributed by atoms with E-state index >= 15 is 0 Å². The first-order chi connectivity index (χ1) is 16.7. The summed E-state index contributed by atoms with van der Waals surface area (Å²) in [7, 11) is -3.86. The Hall–Kier alpha value is -3.00. The average Bonchev–Trinajstić information content (AvgIpc) is 3.10. The van der Waals surface area contributed by atoms with Gasteiger partial charge in [0.25, 0.3) is 21.8 Å². The van der Waals surface area contributed by atoms with Gasteiger partial charge in [-0.05, 0) is 65.8 Å². The number of carbonyl (C=O) groups is 3. The summed E-state index contributed by atoms with van der Waals surface area (Å²) in [6.45, 7) is -0.411. The van der Waals surface area contributed by atoms with Gasteiger partial charge < -0.3 is 15.4 Å². The number of amidine groups is 1. The molecule has 3 N–H and O–H groups in total. The predicted molar refractivity (Wildman–Crippen MR) is 139 cm³/mol. The third-order valence-electron chi connectivity index (χ3n) is 4.93. The van der Waals surface area contributed by atoms with Gasteiger partial charge in [0.1, 0.15) is 12.4 Å². The Kier molecular flexibility index (Phi) is 9.60. The van der Waals surface area contributed by atoms with Gasteiger partial charge in [-0.1, -0.05) is 24.6 Å². The lowest BCUT2D eigenvalue weighted by molar-refractivity contribution is -0.146. The number of nitrogens with zero attached hydrogens (tertiary/aromatic N) is 1. The van der Waals surface area contributed by atoms with Gasteiger partial charge in [-0.3, -0.25) is 24.1 Å². The van der Waals surface area contributed by atoms with E-state index < -0.39 is 41.0 Å². The third-order valence-corrected chi connectivity index (χ3v) is 7.25. The van der Waals surface area contributed by atoms with Crippen molar-refractivity contribution >= 4 is 61.9 Å². The number of amides is 2. The number of anilines is 1. The fourth-order valence-corrected chi connectivity index (χ4v) is 4.97. The Morgan fingerprint density at radius 2 is 1.83 bits per heavy atom. The molecule has 1 heterocycles. The highest BCUT2D eigenvalue weighted by molar-refractivity contribution is 14.1. The lowest BCUT2D eigenvalue weighted by atomic mass is 10.2. The van der Waals surface area contributed by atoms with Crippen LogP contribution >= 0.6 is 22.6 Å². The number of benzene rings is 2. The highest BCUT2D eigenvalue weighted by Crippen LogP contribution is 2.17. The number of halogens is 1. The van der Waals surface area contributed by atoms with Crippen LogP contribution in [-0.4, -0.2) is 51.7 Å². The summed E-state index contributed by atoms with van der Waals surface area (Å²) in [5.74, 6) is -1.45. The molecule has 12 heteroatoms. The van der Waals surface area contributed by atoms with Crippen molar-refractivity contribution < 1.29 is 27.5 Å². The Labute approximate surface area is 217 Å². The summed E-state index contributed by atoms with van der Waals surface area (Å²) in [5.41, 5.74) is 0.651. The molecule has 2 aromatic rings. The molecule has 0 saturated heterocycles. The summed E-state index contributed by atoms with van der Waals surface area (Å²) in [4.78, 5) is 40.5. The quantitative estimate of drug-likeness (QED) is 0.309. The van der Waals surface area contributed by atoms with Crippen LogP contribution in [-0.2, 0) is 24.3 Å². The number of sulfonamides is 1. The number of esters is 1. The molecule has 0 bridgehead atoms. The van der Waals surface area contributed by atoms with E-state index in [1.807, 2.05) is 22.6 Å². The maximum atomic E-state index is 12.7. The zero-order chi connectivity index (χ0) is 25.3. The highest BCUT2D eigenvalue weighted by atomic mass is 127. The van der Waals surface area contributed by atoms with Crippen LogP contribution in [0.25, 0.3) is 0 Å². The molecule has 1 aliphatic heterocycles. The van der Waals surface area contributed by atoms with E-state index in [1.54, 1.807) is 24.3 Å². The second kappa shape index (κ2) is 12.6. The van der Waals surface area contributed by atoms with Crippen LogP contribution in [0.4, 0.5) is 5.69 Å². The van der Waals surface area contributed by atoms with E-state index in [1.165, 1.54) is 24.3 Å². The van der Waals surface area contributed by atoms with Crippen LogP contribution in [0.2, 0.25) is 0 Å². The van der Waals surface area contributed by atoms with Crippen molar-refractivity contribution in [2.24, 2.45) is 4.99 Å². The minimum Gasteiger partial charge on any atom is -0.454 e. The number of ether oxygens (including phenoxy) is 1. The molecule has 186 valence electrons. The molecule has 0 spiro atoms. The van der Waals surface area contributed by atoms with E-state index in [0.29, 0.717) is 24.4 Å². The van der Waals surface area contributed by atoms with Crippen molar-refractivity contribution in [2.75, 3.05) is 25.0 Å². The molecule has 2 aromatic carbocycles. The molecular formula is C23H25IN4O6S. The number of hydrogen-bond donors (Lipinski definition) is 3. The van der Waals surface area contributed by atoms with Crippen LogP contribution in [0, 0.1) is 3.57 Å².